The highest BCUT2D eigenvalue weighted by molar-refractivity contribution is 9.10. The summed E-state index contributed by atoms with van der Waals surface area (Å²) in [7, 11) is -2.02. The van der Waals surface area contributed by atoms with E-state index in [4.69, 9.17) is 5.26 Å². The minimum Gasteiger partial charge on any atom is -0.207 e. The number of hydrogen-bond acceptors (Lipinski definition) is 3. The lowest BCUT2D eigenvalue weighted by atomic mass is 10.2. The van der Waals surface area contributed by atoms with Crippen LogP contribution < -0.4 is 0 Å². The molecule has 6 heteroatoms. The van der Waals surface area contributed by atoms with Gasteiger partial charge in [-0.15, -0.1) is 0 Å². The third-order valence-electron chi connectivity index (χ3n) is 3.01. The average Bonchev–Trinajstić information content (AvgIpc) is 2.49. The van der Waals surface area contributed by atoms with Gasteiger partial charge in [0, 0.05) is 18.1 Å². The van der Waals surface area contributed by atoms with Crippen LogP contribution in [-0.4, -0.2) is 19.8 Å². The molecule has 0 unspecified atom stereocenters. The van der Waals surface area contributed by atoms with E-state index in [0.717, 1.165) is 10.0 Å². The summed E-state index contributed by atoms with van der Waals surface area (Å²) in [6.07, 6.45) is 0. The van der Waals surface area contributed by atoms with Gasteiger partial charge in [-0.25, -0.2) is 8.42 Å². The molecule has 2 aromatic rings. The predicted octanol–water partition coefficient (Wildman–Crippen LogP) is 3.14. The quantitative estimate of drug-likeness (QED) is 0.836. The van der Waals surface area contributed by atoms with Gasteiger partial charge in [0.15, 0.2) is 0 Å². The minimum absolute atomic E-state index is 0.182. The fourth-order valence-corrected chi connectivity index (χ4v) is 3.24. The topological polar surface area (TPSA) is 61.2 Å². The van der Waals surface area contributed by atoms with Crippen LogP contribution in [0.1, 0.15) is 11.1 Å². The summed E-state index contributed by atoms with van der Waals surface area (Å²) in [6.45, 7) is 0.287. The zero-order valence-electron chi connectivity index (χ0n) is 11.3. The number of halogens is 1. The molecule has 4 nitrogen and oxygen atoms in total. The van der Waals surface area contributed by atoms with Gasteiger partial charge < -0.3 is 0 Å². The van der Waals surface area contributed by atoms with Crippen LogP contribution in [0.3, 0.4) is 0 Å². The third kappa shape index (κ3) is 3.70. The molecule has 0 fully saturated rings. The largest absolute Gasteiger partial charge is 0.243 e. The van der Waals surface area contributed by atoms with Gasteiger partial charge in [0.2, 0.25) is 10.0 Å². The van der Waals surface area contributed by atoms with Gasteiger partial charge in [0.25, 0.3) is 0 Å². The number of nitrogens with zero attached hydrogens (tertiary/aromatic N) is 2. The first-order valence-corrected chi connectivity index (χ1v) is 8.38. The Labute approximate surface area is 132 Å². The number of benzene rings is 2. The Morgan fingerprint density at radius 3 is 2.19 bits per heavy atom. The molecule has 0 aliphatic carbocycles. The summed E-state index contributed by atoms with van der Waals surface area (Å²) >= 11 is 3.34. The second kappa shape index (κ2) is 6.39. The van der Waals surface area contributed by atoms with Gasteiger partial charge >= 0.3 is 0 Å². The minimum atomic E-state index is -3.56. The normalized spacial score (nSPS) is 11.3. The van der Waals surface area contributed by atoms with Crippen LogP contribution in [-0.2, 0) is 16.6 Å². The van der Waals surface area contributed by atoms with Gasteiger partial charge in [-0.3, -0.25) is 0 Å². The van der Waals surface area contributed by atoms with Crippen molar-refractivity contribution in [3.63, 3.8) is 0 Å². The molecule has 0 saturated carbocycles. The van der Waals surface area contributed by atoms with Crippen LogP contribution in [0.2, 0.25) is 0 Å². The van der Waals surface area contributed by atoms with Gasteiger partial charge in [0.05, 0.1) is 16.5 Å². The molecule has 0 amide bonds. The molecular weight excluding hydrogens is 352 g/mol. The average molecular weight is 365 g/mol. The van der Waals surface area contributed by atoms with Crippen LogP contribution >= 0.6 is 15.9 Å². The highest BCUT2D eigenvalue weighted by Gasteiger charge is 2.20. The van der Waals surface area contributed by atoms with Crippen LogP contribution in [0.25, 0.3) is 0 Å². The molecule has 0 aromatic heterocycles. The molecule has 0 spiro atoms. The van der Waals surface area contributed by atoms with E-state index in [1.54, 1.807) is 0 Å². The van der Waals surface area contributed by atoms with E-state index in [-0.39, 0.29) is 11.4 Å². The molecule has 0 heterocycles. The van der Waals surface area contributed by atoms with Gasteiger partial charge in [0.1, 0.15) is 0 Å². The van der Waals surface area contributed by atoms with Crippen molar-refractivity contribution in [3.8, 4) is 6.07 Å². The van der Waals surface area contributed by atoms with E-state index in [9.17, 15) is 8.42 Å². The van der Waals surface area contributed by atoms with Crippen LogP contribution in [0.4, 0.5) is 0 Å². The zero-order chi connectivity index (χ0) is 15.5. The summed E-state index contributed by atoms with van der Waals surface area (Å²) in [5.74, 6) is 0. The van der Waals surface area contributed by atoms with Crippen molar-refractivity contribution in [2.75, 3.05) is 7.05 Å². The summed E-state index contributed by atoms with van der Waals surface area (Å²) in [5, 5.41) is 8.74. The Morgan fingerprint density at radius 2 is 1.67 bits per heavy atom. The number of hydrogen-bond donors (Lipinski definition) is 0. The molecule has 21 heavy (non-hydrogen) atoms. The molecule has 0 saturated heterocycles. The fraction of sp³-hybridized carbons (Fsp3) is 0.133. The number of nitriles is 1. The molecule has 0 bridgehead atoms. The van der Waals surface area contributed by atoms with Gasteiger partial charge in [-0.2, -0.15) is 9.57 Å². The molecule has 0 radical (unpaired) electrons. The number of sulfonamides is 1. The van der Waals surface area contributed by atoms with Gasteiger partial charge in [-0.1, -0.05) is 28.1 Å². The Bertz CT molecular complexity index is 763. The van der Waals surface area contributed by atoms with Crippen LogP contribution in [0.15, 0.2) is 57.9 Å². The zero-order valence-corrected chi connectivity index (χ0v) is 13.7. The molecule has 0 aliphatic heterocycles. The predicted molar refractivity (Wildman–Crippen MR) is 84.0 cm³/mol. The first kappa shape index (κ1) is 15.7. The summed E-state index contributed by atoms with van der Waals surface area (Å²) in [6, 6.07) is 15.4. The molecule has 2 rings (SSSR count). The SMILES string of the molecule is CN(Cc1ccc(Br)cc1)S(=O)(=O)c1ccc(C#N)cc1. The molecule has 2 aromatic carbocycles. The maximum atomic E-state index is 12.4. The third-order valence-corrected chi connectivity index (χ3v) is 5.36. The summed E-state index contributed by atoms with van der Waals surface area (Å²) in [4.78, 5) is 0.182. The smallest absolute Gasteiger partial charge is 0.207 e. The van der Waals surface area contributed by atoms with E-state index in [1.807, 2.05) is 30.3 Å². The highest BCUT2D eigenvalue weighted by atomic mass is 79.9. The Balaban J connectivity index is 2.21. The second-order valence-electron chi connectivity index (χ2n) is 4.52. The van der Waals surface area contributed by atoms with Crippen molar-refractivity contribution in [1.82, 2.24) is 4.31 Å². The maximum Gasteiger partial charge on any atom is 0.243 e. The van der Waals surface area contributed by atoms with E-state index >= 15 is 0 Å². The Kier molecular flexibility index (Phi) is 4.78. The van der Waals surface area contributed by atoms with E-state index in [2.05, 4.69) is 15.9 Å². The van der Waals surface area contributed by atoms with E-state index in [1.165, 1.54) is 35.6 Å². The van der Waals surface area contributed by atoms with Crippen LogP contribution in [0, 0.1) is 11.3 Å². The standard InChI is InChI=1S/C15H13BrN2O2S/c1-18(11-13-2-6-14(16)7-3-13)21(19,20)15-8-4-12(10-17)5-9-15/h2-9H,11H2,1H3. The molecular formula is C15H13BrN2O2S. The lowest BCUT2D eigenvalue weighted by molar-refractivity contribution is 0.466. The number of rotatable bonds is 4. The van der Waals surface area contributed by atoms with Crippen molar-refractivity contribution in [2.24, 2.45) is 0 Å². The summed E-state index contributed by atoms with van der Waals surface area (Å²) < 4.78 is 27.1. The summed E-state index contributed by atoms with van der Waals surface area (Å²) in [5.41, 5.74) is 1.34. The molecule has 0 aliphatic rings. The lowest BCUT2D eigenvalue weighted by Gasteiger charge is -2.17. The Hall–Kier alpha value is -1.68. The fourth-order valence-electron chi connectivity index (χ4n) is 1.81. The van der Waals surface area contributed by atoms with E-state index < -0.39 is 10.0 Å². The first-order chi connectivity index (χ1) is 9.93. The van der Waals surface area contributed by atoms with Crippen molar-refractivity contribution in [1.29, 1.82) is 5.26 Å². The maximum absolute atomic E-state index is 12.4. The van der Waals surface area contributed by atoms with Crippen molar-refractivity contribution in [2.45, 2.75) is 11.4 Å². The molecule has 108 valence electrons. The van der Waals surface area contributed by atoms with Crippen molar-refractivity contribution in [3.05, 3.63) is 64.1 Å². The molecule has 0 N–H and O–H groups in total. The van der Waals surface area contributed by atoms with Crippen molar-refractivity contribution >= 4 is 26.0 Å². The first-order valence-electron chi connectivity index (χ1n) is 6.14. The molecule has 0 atom stereocenters. The second-order valence-corrected chi connectivity index (χ2v) is 7.48. The highest BCUT2D eigenvalue weighted by Crippen LogP contribution is 2.18. The monoisotopic (exact) mass is 364 g/mol. The van der Waals surface area contributed by atoms with Crippen molar-refractivity contribution < 1.29 is 8.42 Å². The lowest BCUT2D eigenvalue weighted by Crippen LogP contribution is -2.26. The van der Waals surface area contributed by atoms with E-state index in [0.29, 0.717) is 5.56 Å². The Morgan fingerprint density at radius 1 is 1.10 bits per heavy atom. The van der Waals surface area contributed by atoms with Gasteiger partial charge in [-0.05, 0) is 42.0 Å². The van der Waals surface area contributed by atoms with Crippen LogP contribution in [0.5, 0.6) is 0 Å².